The minimum Gasteiger partial charge on any atom is -0.306 e. The highest BCUT2D eigenvalue weighted by Crippen LogP contribution is 2.31. The standard InChI is InChI=1S/C15H26N2S/c1-9-6-7-14(10(2)8-9)17-12(4)15-11(3)16-13(5)18-15/h9-10,12,14,17H,6-8H2,1-5H3. The summed E-state index contributed by atoms with van der Waals surface area (Å²) in [6, 6.07) is 1.12. The third-order valence-electron chi connectivity index (χ3n) is 4.23. The minimum atomic E-state index is 0.442. The molecule has 1 fully saturated rings. The van der Waals surface area contributed by atoms with Gasteiger partial charge in [-0.25, -0.2) is 4.98 Å². The van der Waals surface area contributed by atoms with Crippen LogP contribution in [-0.2, 0) is 0 Å². The molecule has 1 heterocycles. The highest BCUT2D eigenvalue weighted by Gasteiger charge is 2.27. The zero-order valence-electron chi connectivity index (χ0n) is 12.3. The van der Waals surface area contributed by atoms with Crippen LogP contribution in [0.2, 0.25) is 0 Å². The lowest BCUT2D eigenvalue weighted by molar-refractivity contribution is 0.217. The predicted molar refractivity (Wildman–Crippen MR) is 79.1 cm³/mol. The Morgan fingerprint density at radius 3 is 2.56 bits per heavy atom. The second-order valence-corrected chi connectivity index (χ2v) is 7.31. The third kappa shape index (κ3) is 3.12. The van der Waals surface area contributed by atoms with Crippen molar-refractivity contribution in [2.24, 2.45) is 11.8 Å². The van der Waals surface area contributed by atoms with Crippen LogP contribution in [0.4, 0.5) is 0 Å². The van der Waals surface area contributed by atoms with E-state index in [1.807, 2.05) is 11.3 Å². The maximum atomic E-state index is 4.53. The lowest BCUT2D eigenvalue weighted by atomic mass is 9.79. The van der Waals surface area contributed by atoms with Crippen LogP contribution in [0.15, 0.2) is 0 Å². The number of aryl methyl sites for hydroxylation is 2. The van der Waals surface area contributed by atoms with Gasteiger partial charge in [-0.2, -0.15) is 0 Å². The molecule has 0 radical (unpaired) electrons. The van der Waals surface area contributed by atoms with Gasteiger partial charge in [-0.15, -0.1) is 11.3 Å². The van der Waals surface area contributed by atoms with Crippen LogP contribution in [0.1, 0.15) is 61.7 Å². The van der Waals surface area contributed by atoms with Gasteiger partial charge in [-0.3, -0.25) is 0 Å². The Labute approximate surface area is 115 Å². The first kappa shape index (κ1) is 14.0. The van der Waals surface area contributed by atoms with Gasteiger partial charge in [0.2, 0.25) is 0 Å². The molecular formula is C15H26N2S. The fourth-order valence-corrected chi connectivity index (χ4v) is 4.20. The number of rotatable bonds is 3. The molecule has 18 heavy (non-hydrogen) atoms. The van der Waals surface area contributed by atoms with Gasteiger partial charge in [0.1, 0.15) is 0 Å². The molecule has 2 nitrogen and oxygen atoms in total. The lowest BCUT2D eigenvalue weighted by Crippen LogP contribution is -2.40. The molecule has 1 saturated carbocycles. The molecule has 0 aliphatic heterocycles. The van der Waals surface area contributed by atoms with Crippen LogP contribution in [0.3, 0.4) is 0 Å². The lowest BCUT2D eigenvalue weighted by Gasteiger charge is -2.35. The SMILES string of the molecule is Cc1nc(C)c(C(C)NC2CCC(C)CC2C)s1. The van der Waals surface area contributed by atoms with Crippen molar-refractivity contribution < 1.29 is 0 Å². The van der Waals surface area contributed by atoms with Crippen molar-refractivity contribution in [1.29, 1.82) is 0 Å². The van der Waals surface area contributed by atoms with Gasteiger partial charge in [-0.1, -0.05) is 13.8 Å². The number of nitrogens with zero attached hydrogens (tertiary/aromatic N) is 1. The number of nitrogens with one attached hydrogen (secondary N) is 1. The van der Waals surface area contributed by atoms with E-state index in [1.165, 1.54) is 34.8 Å². The summed E-state index contributed by atoms with van der Waals surface area (Å²) in [6.07, 6.45) is 4.06. The predicted octanol–water partition coefficient (Wildman–Crippen LogP) is 4.24. The molecule has 102 valence electrons. The largest absolute Gasteiger partial charge is 0.306 e. The van der Waals surface area contributed by atoms with Gasteiger partial charge in [0.05, 0.1) is 10.7 Å². The van der Waals surface area contributed by atoms with Gasteiger partial charge in [0.15, 0.2) is 0 Å². The fourth-order valence-electron chi connectivity index (χ4n) is 3.26. The summed E-state index contributed by atoms with van der Waals surface area (Å²) in [5.41, 5.74) is 1.20. The molecule has 4 unspecified atom stereocenters. The van der Waals surface area contributed by atoms with E-state index in [4.69, 9.17) is 0 Å². The van der Waals surface area contributed by atoms with Crippen LogP contribution in [0.5, 0.6) is 0 Å². The highest BCUT2D eigenvalue weighted by atomic mass is 32.1. The van der Waals surface area contributed by atoms with Gasteiger partial charge < -0.3 is 5.32 Å². The molecule has 4 atom stereocenters. The Morgan fingerprint density at radius 2 is 2.00 bits per heavy atom. The Morgan fingerprint density at radius 1 is 1.28 bits per heavy atom. The van der Waals surface area contributed by atoms with Crippen molar-refractivity contribution in [3.63, 3.8) is 0 Å². The summed E-state index contributed by atoms with van der Waals surface area (Å²) in [6.45, 7) is 11.3. The van der Waals surface area contributed by atoms with Crippen molar-refractivity contribution >= 4 is 11.3 Å². The smallest absolute Gasteiger partial charge is 0.0900 e. The minimum absolute atomic E-state index is 0.442. The zero-order valence-corrected chi connectivity index (χ0v) is 13.1. The maximum Gasteiger partial charge on any atom is 0.0900 e. The molecule has 1 aliphatic carbocycles. The van der Waals surface area contributed by atoms with Crippen LogP contribution in [0, 0.1) is 25.7 Å². The van der Waals surface area contributed by atoms with Crippen molar-refractivity contribution in [3.05, 3.63) is 15.6 Å². The average Bonchev–Trinajstić information content (AvgIpc) is 2.62. The number of hydrogen-bond donors (Lipinski definition) is 1. The van der Waals surface area contributed by atoms with Crippen molar-refractivity contribution in [1.82, 2.24) is 10.3 Å². The second-order valence-electron chi connectivity index (χ2n) is 6.07. The number of thiazole rings is 1. The Bertz CT molecular complexity index is 399. The molecule has 0 saturated heterocycles. The van der Waals surface area contributed by atoms with E-state index < -0.39 is 0 Å². The van der Waals surface area contributed by atoms with E-state index in [2.05, 4.69) is 44.9 Å². The molecule has 0 bridgehead atoms. The Kier molecular flexibility index (Phi) is 4.44. The number of hydrogen-bond acceptors (Lipinski definition) is 3. The molecule has 0 amide bonds. The van der Waals surface area contributed by atoms with E-state index in [1.54, 1.807) is 0 Å². The molecular weight excluding hydrogens is 240 g/mol. The number of aromatic nitrogens is 1. The van der Waals surface area contributed by atoms with Gasteiger partial charge in [0.25, 0.3) is 0 Å². The first-order valence-corrected chi connectivity index (χ1v) is 7.99. The van der Waals surface area contributed by atoms with Crippen LogP contribution < -0.4 is 5.32 Å². The van der Waals surface area contributed by atoms with Gasteiger partial charge in [-0.05, 0) is 51.9 Å². The summed E-state index contributed by atoms with van der Waals surface area (Å²) in [4.78, 5) is 5.95. The quantitative estimate of drug-likeness (QED) is 0.885. The summed E-state index contributed by atoms with van der Waals surface area (Å²) >= 11 is 1.84. The van der Waals surface area contributed by atoms with E-state index >= 15 is 0 Å². The van der Waals surface area contributed by atoms with Crippen molar-refractivity contribution in [2.75, 3.05) is 0 Å². The van der Waals surface area contributed by atoms with Gasteiger partial charge >= 0.3 is 0 Å². The summed E-state index contributed by atoms with van der Waals surface area (Å²) < 4.78 is 0. The van der Waals surface area contributed by atoms with E-state index in [0.29, 0.717) is 12.1 Å². The zero-order chi connectivity index (χ0) is 13.3. The fraction of sp³-hybridized carbons (Fsp3) is 0.800. The molecule has 1 aromatic rings. The van der Waals surface area contributed by atoms with E-state index in [0.717, 1.165) is 11.8 Å². The molecule has 3 heteroatoms. The summed E-state index contributed by atoms with van der Waals surface area (Å²) in [7, 11) is 0. The average molecular weight is 266 g/mol. The molecule has 0 aromatic carbocycles. The Balaban J connectivity index is 1.99. The Hall–Kier alpha value is -0.410. The van der Waals surface area contributed by atoms with Crippen molar-refractivity contribution in [3.8, 4) is 0 Å². The summed E-state index contributed by atoms with van der Waals surface area (Å²) in [5.74, 6) is 1.70. The molecule has 1 aliphatic rings. The summed E-state index contributed by atoms with van der Waals surface area (Å²) in [5, 5.41) is 5.01. The maximum absolute atomic E-state index is 4.53. The monoisotopic (exact) mass is 266 g/mol. The van der Waals surface area contributed by atoms with Crippen molar-refractivity contribution in [2.45, 2.75) is 66.0 Å². The van der Waals surface area contributed by atoms with E-state index in [-0.39, 0.29) is 0 Å². The normalized spacial score (nSPS) is 30.4. The first-order valence-electron chi connectivity index (χ1n) is 7.17. The van der Waals surface area contributed by atoms with Crippen LogP contribution in [-0.4, -0.2) is 11.0 Å². The second kappa shape index (κ2) is 5.70. The molecule has 0 spiro atoms. The third-order valence-corrected chi connectivity index (χ3v) is 5.48. The molecule has 1 N–H and O–H groups in total. The topological polar surface area (TPSA) is 24.9 Å². The first-order chi connectivity index (χ1) is 8.47. The van der Waals surface area contributed by atoms with Gasteiger partial charge in [0, 0.05) is 17.0 Å². The highest BCUT2D eigenvalue weighted by molar-refractivity contribution is 7.11. The van der Waals surface area contributed by atoms with E-state index in [9.17, 15) is 0 Å². The van der Waals surface area contributed by atoms with Crippen LogP contribution in [0.25, 0.3) is 0 Å². The molecule has 1 aromatic heterocycles. The van der Waals surface area contributed by atoms with Crippen LogP contribution >= 0.6 is 11.3 Å². The molecule has 2 rings (SSSR count).